The molecule has 0 aliphatic carbocycles. The highest BCUT2D eigenvalue weighted by Crippen LogP contribution is 2.21. The Labute approximate surface area is 158 Å². The first-order valence-corrected chi connectivity index (χ1v) is 10.0. The number of nitrogens with one attached hydrogen (secondary N) is 1. The third-order valence-corrected chi connectivity index (χ3v) is 6.09. The van der Waals surface area contributed by atoms with Crippen LogP contribution in [-0.4, -0.2) is 52.0 Å². The molecule has 1 N–H and O–H groups in total. The molecule has 0 unspecified atom stereocenters. The molecule has 2 aromatic rings. The Hall–Kier alpha value is -2.26. The van der Waals surface area contributed by atoms with E-state index in [1.165, 1.54) is 16.4 Å². The lowest BCUT2D eigenvalue weighted by atomic mass is 10.1. The van der Waals surface area contributed by atoms with Gasteiger partial charge in [0.1, 0.15) is 0 Å². The number of carbonyl (C=O) groups is 1. The fourth-order valence-corrected chi connectivity index (χ4v) is 4.30. The Balaban J connectivity index is 1.77. The molecule has 0 saturated carbocycles. The van der Waals surface area contributed by atoms with Gasteiger partial charge in [0, 0.05) is 31.5 Å². The molecule has 1 aliphatic rings. The van der Waals surface area contributed by atoms with Crippen LogP contribution in [0.1, 0.15) is 15.9 Å². The normalized spacial score (nSPS) is 15.4. The summed E-state index contributed by atoms with van der Waals surface area (Å²) in [5.41, 5.74) is 1.78. The highest BCUT2D eigenvalue weighted by atomic mass is 32.2. The van der Waals surface area contributed by atoms with Crippen molar-refractivity contribution in [3.05, 3.63) is 59.7 Å². The minimum Gasteiger partial charge on any atom is -0.380 e. The average Bonchev–Trinajstić information content (AvgIpc) is 2.69. The van der Waals surface area contributed by atoms with Crippen LogP contribution in [0.25, 0.3) is 0 Å². The Kier molecular flexibility index (Phi) is 6.22. The molecule has 3 rings (SSSR count). The van der Waals surface area contributed by atoms with Gasteiger partial charge in [0.2, 0.25) is 10.0 Å². The van der Waals surface area contributed by atoms with Crippen LogP contribution in [0.4, 0.5) is 5.69 Å². The summed E-state index contributed by atoms with van der Waals surface area (Å²) in [6, 6.07) is 13.4. The van der Waals surface area contributed by atoms with Crippen molar-refractivity contribution in [3.8, 4) is 0 Å². The zero-order chi connectivity index (χ0) is 19.3. The zero-order valence-electron chi connectivity index (χ0n) is 15.1. The Bertz CT molecular complexity index is 908. The van der Waals surface area contributed by atoms with E-state index in [-0.39, 0.29) is 10.8 Å². The third kappa shape index (κ3) is 4.72. The summed E-state index contributed by atoms with van der Waals surface area (Å²) >= 11 is 0. The van der Waals surface area contributed by atoms with E-state index < -0.39 is 10.0 Å². The van der Waals surface area contributed by atoms with E-state index in [9.17, 15) is 13.2 Å². The van der Waals surface area contributed by atoms with Gasteiger partial charge in [-0.05, 0) is 35.9 Å². The molecule has 0 radical (unpaired) electrons. The molecule has 144 valence electrons. The maximum Gasteiger partial charge on any atom is 0.255 e. The molecule has 0 aromatic heterocycles. The van der Waals surface area contributed by atoms with Crippen molar-refractivity contribution in [3.63, 3.8) is 0 Å². The number of benzene rings is 2. The number of methoxy groups -OCH3 is 1. The molecule has 1 aliphatic heterocycles. The molecule has 1 fully saturated rings. The molecule has 0 spiro atoms. The van der Waals surface area contributed by atoms with Gasteiger partial charge in [0.25, 0.3) is 5.91 Å². The number of ether oxygens (including phenoxy) is 2. The van der Waals surface area contributed by atoms with Crippen LogP contribution in [0, 0.1) is 0 Å². The maximum absolute atomic E-state index is 12.8. The SMILES string of the molecule is COCc1cccc(C(=O)Nc2cccc(S(=O)(=O)N3CCOCC3)c2)c1. The van der Waals surface area contributed by atoms with Gasteiger partial charge in [0.15, 0.2) is 0 Å². The van der Waals surface area contributed by atoms with Crippen molar-refractivity contribution in [2.75, 3.05) is 38.7 Å². The largest absolute Gasteiger partial charge is 0.380 e. The molecule has 8 heteroatoms. The van der Waals surface area contributed by atoms with E-state index in [2.05, 4.69) is 5.32 Å². The van der Waals surface area contributed by atoms with Crippen molar-refractivity contribution in [1.29, 1.82) is 0 Å². The maximum atomic E-state index is 12.8. The number of rotatable bonds is 6. The zero-order valence-corrected chi connectivity index (χ0v) is 15.9. The predicted molar refractivity (Wildman–Crippen MR) is 101 cm³/mol. The molecule has 0 bridgehead atoms. The van der Waals surface area contributed by atoms with Crippen LogP contribution in [0.5, 0.6) is 0 Å². The number of morpholine rings is 1. The summed E-state index contributed by atoms with van der Waals surface area (Å²) < 4.78 is 37.2. The molecular formula is C19H22N2O5S. The van der Waals surface area contributed by atoms with E-state index in [1.54, 1.807) is 37.4 Å². The summed E-state index contributed by atoms with van der Waals surface area (Å²) in [7, 11) is -2.02. The lowest BCUT2D eigenvalue weighted by Gasteiger charge is -2.26. The van der Waals surface area contributed by atoms with E-state index in [1.807, 2.05) is 6.07 Å². The molecule has 2 aromatic carbocycles. The van der Waals surface area contributed by atoms with Crippen molar-refractivity contribution >= 4 is 21.6 Å². The second-order valence-corrected chi connectivity index (χ2v) is 8.07. The summed E-state index contributed by atoms with van der Waals surface area (Å²) in [5, 5.41) is 2.76. The van der Waals surface area contributed by atoms with Crippen LogP contribution in [-0.2, 0) is 26.1 Å². The van der Waals surface area contributed by atoms with E-state index in [4.69, 9.17) is 9.47 Å². The van der Waals surface area contributed by atoms with Crippen molar-refractivity contribution < 1.29 is 22.7 Å². The molecule has 1 amide bonds. The topological polar surface area (TPSA) is 84.9 Å². The first kappa shape index (κ1) is 19.5. The number of anilines is 1. The summed E-state index contributed by atoms with van der Waals surface area (Å²) in [4.78, 5) is 12.7. The van der Waals surface area contributed by atoms with Crippen LogP contribution in [0.3, 0.4) is 0 Å². The van der Waals surface area contributed by atoms with Gasteiger partial charge in [-0.15, -0.1) is 0 Å². The second kappa shape index (κ2) is 8.62. The van der Waals surface area contributed by atoms with Crippen molar-refractivity contribution in [2.24, 2.45) is 0 Å². The van der Waals surface area contributed by atoms with Gasteiger partial charge in [0.05, 0.1) is 24.7 Å². The van der Waals surface area contributed by atoms with Crippen molar-refractivity contribution in [1.82, 2.24) is 4.31 Å². The first-order chi connectivity index (χ1) is 13.0. The molecule has 1 saturated heterocycles. The smallest absolute Gasteiger partial charge is 0.255 e. The Morgan fingerprint density at radius 1 is 1.15 bits per heavy atom. The Morgan fingerprint density at radius 2 is 1.89 bits per heavy atom. The standard InChI is InChI=1S/C19H22N2O5S/c1-25-14-15-4-2-5-16(12-15)19(22)20-17-6-3-7-18(13-17)27(23,24)21-8-10-26-11-9-21/h2-7,12-13H,8-11,14H2,1H3,(H,20,22). The molecule has 7 nitrogen and oxygen atoms in total. The quantitative estimate of drug-likeness (QED) is 0.817. The molecule has 1 heterocycles. The number of carbonyl (C=O) groups excluding carboxylic acids is 1. The summed E-state index contributed by atoms with van der Waals surface area (Å²) in [5.74, 6) is -0.311. The lowest BCUT2D eigenvalue weighted by molar-refractivity contribution is 0.0730. The number of hydrogen-bond acceptors (Lipinski definition) is 5. The predicted octanol–water partition coefficient (Wildman–Crippen LogP) is 2.11. The van der Waals surface area contributed by atoms with Gasteiger partial charge < -0.3 is 14.8 Å². The average molecular weight is 390 g/mol. The third-order valence-electron chi connectivity index (χ3n) is 4.20. The van der Waals surface area contributed by atoms with Crippen LogP contribution in [0.15, 0.2) is 53.4 Å². The van der Waals surface area contributed by atoms with E-state index in [0.29, 0.717) is 44.2 Å². The molecule has 0 atom stereocenters. The fraction of sp³-hybridized carbons (Fsp3) is 0.316. The second-order valence-electron chi connectivity index (χ2n) is 6.13. The van der Waals surface area contributed by atoms with Gasteiger partial charge in [-0.25, -0.2) is 8.42 Å². The van der Waals surface area contributed by atoms with Crippen LogP contribution < -0.4 is 5.32 Å². The van der Waals surface area contributed by atoms with Crippen LogP contribution in [0.2, 0.25) is 0 Å². The first-order valence-electron chi connectivity index (χ1n) is 8.58. The van der Waals surface area contributed by atoms with Crippen LogP contribution >= 0.6 is 0 Å². The monoisotopic (exact) mass is 390 g/mol. The number of sulfonamides is 1. The molecule has 27 heavy (non-hydrogen) atoms. The van der Waals surface area contributed by atoms with Gasteiger partial charge in [-0.2, -0.15) is 4.31 Å². The van der Waals surface area contributed by atoms with E-state index in [0.717, 1.165) is 5.56 Å². The summed E-state index contributed by atoms with van der Waals surface area (Å²) in [6.07, 6.45) is 0. The minimum atomic E-state index is -3.61. The van der Waals surface area contributed by atoms with Crippen molar-refractivity contribution in [2.45, 2.75) is 11.5 Å². The van der Waals surface area contributed by atoms with Gasteiger partial charge >= 0.3 is 0 Å². The molecular weight excluding hydrogens is 368 g/mol. The number of amides is 1. The minimum absolute atomic E-state index is 0.148. The fourth-order valence-electron chi connectivity index (χ4n) is 2.84. The highest BCUT2D eigenvalue weighted by Gasteiger charge is 2.26. The number of nitrogens with zero attached hydrogens (tertiary/aromatic N) is 1. The van der Waals surface area contributed by atoms with Gasteiger partial charge in [-0.3, -0.25) is 4.79 Å². The van der Waals surface area contributed by atoms with E-state index >= 15 is 0 Å². The van der Waals surface area contributed by atoms with Gasteiger partial charge in [-0.1, -0.05) is 18.2 Å². The summed E-state index contributed by atoms with van der Waals surface area (Å²) in [6.45, 7) is 1.83. The number of hydrogen-bond donors (Lipinski definition) is 1. The highest BCUT2D eigenvalue weighted by molar-refractivity contribution is 7.89. The Morgan fingerprint density at radius 3 is 2.63 bits per heavy atom. The lowest BCUT2D eigenvalue weighted by Crippen LogP contribution is -2.40.